The van der Waals surface area contributed by atoms with Crippen LogP contribution in [0.25, 0.3) is 6.08 Å². The van der Waals surface area contributed by atoms with Gasteiger partial charge < -0.3 is 9.87 Å². The highest BCUT2D eigenvalue weighted by Crippen LogP contribution is 2.26. The summed E-state index contributed by atoms with van der Waals surface area (Å²) in [6.45, 7) is 8.57. The summed E-state index contributed by atoms with van der Waals surface area (Å²) in [7, 11) is 0. The van der Waals surface area contributed by atoms with Gasteiger partial charge in [0.1, 0.15) is 10.6 Å². The van der Waals surface area contributed by atoms with Crippen molar-refractivity contribution in [3.05, 3.63) is 28.4 Å². The molecule has 1 aromatic rings. The lowest BCUT2D eigenvalue weighted by Crippen LogP contribution is -2.45. The molecule has 0 amide bonds. The molecule has 1 aromatic heterocycles. The molecule has 0 spiro atoms. The second-order valence-electron chi connectivity index (χ2n) is 5.88. The number of fused-ring (bicyclic) bond motifs is 1. The van der Waals surface area contributed by atoms with E-state index in [4.69, 9.17) is 11.6 Å². The summed E-state index contributed by atoms with van der Waals surface area (Å²) >= 11 is 4.87. The molecule has 2 heterocycles. The smallest absolute Gasteiger partial charge is 0.136 e. The van der Waals surface area contributed by atoms with Crippen molar-refractivity contribution < 1.29 is 4.55 Å². The standard InChI is InChI=1S/C14H20ClN3OS/c1-9(18-20(19)14(2,3)4)11-5-10-6-12(15)8-17-13(10)16-7-11/h5-6,8-9,18H,7H2,1-4H3,(H,16,17)/t9-,20?/m0/s1. The third-order valence-electron chi connectivity index (χ3n) is 3.08. The lowest BCUT2D eigenvalue weighted by Gasteiger charge is -2.28. The first-order valence-corrected chi connectivity index (χ1v) is 8.08. The zero-order valence-electron chi connectivity index (χ0n) is 12.2. The molecule has 1 aliphatic rings. The van der Waals surface area contributed by atoms with Crippen molar-refractivity contribution in [2.45, 2.75) is 38.5 Å². The van der Waals surface area contributed by atoms with Crippen molar-refractivity contribution in [1.82, 2.24) is 9.71 Å². The first-order chi connectivity index (χ1) is 9.27. The highest BCUT2D eigenvalue weighted by molar-refractivity contribution is 7.90. The van der Waals surface area contributed by atoms with Gasteiger partial charge in [0.05, 0.1) is 11.1 Å². The average molecular weight is 314 g/mol. The monoisotopic (exact) mass is 313 g/mol. The molecule has 0 radical (unpaired) electrons. The first-order valence-electron chi connectivity index (χ1n) is 6.55. The highest BCUT2D eigenvalue weighted by atomic mass is 35.5. The Hall–Kier alpha value is -0.750. The molecule has 110 valence electrons. The largest absolute Gasteiger partial charge is 0.598 e. The van der Waals surface area contributed by atoms with Gasteiger partial charge in [-0.15, -0.1) is 4.72 Å². The van der Waals surface area contributed by atoms with Crippen molar-refractivity contribution in [1.29, 1.82) is 0 Å². The Morgan fingerprint density at radius 3 is 2.85 bits per heavy atom. The number of halogens is 1. The maximum atomic E-state index is 12.1. The fraction of sp³-hybridized carbons (Fsp3) is 0.500. The Morgan fingerprint density at radius 2 is 2.20 bits per heavy atom. The van der Waals surface area contributed by atoms with Gasteiger partial charge in [-0.25, -0.2) is 4.98 Å². The van der Waals surface area contributed by atoms with E-state index < -0.39 is 11.4 Å². The Labute approximate surface area is 128 Å². The Morgan fingerprint density at radius 1 is 1.50 bits per heavy atom. The fourth-order valence-corrected chi connectivity index (χ4v) is 2.83. The fourth-order valence-electron chi connectivity index (χ4n) is 1.84. The normalized spacial score (nSPS) is 17.8. The van der Waals surface area contributed by atoms with Gasteiger partial charge in [0.15, 0.2) is 0 Å². The number of nitrogens with zero attached hydrogens (tertiary/aromatic N) is 1. The van der Waals surface area contributed by atoms with Gasteiger partial charge in [-0.05, 0) is 45.4 Å². The quantitative estimate of drug-likeness (QED) is 0.842. The van der Waals surface area contributed by atoms with Crippen molar-refractivity contribution in [3.63, 3.8) is 0 Å². The molecule has 4 nitrogen and oxygen atoms in total. The van der Waals surface area contributed by atoms with Gasteiger partial charge in [-0.1, -0.05) is 11.6 Å². The minimum Gasteiger partial charge on any atom is -0.598 e. The van der Waals surface area contributed by atoms with Gasteiger partial charge in [0.2, 0.25) is 0 Å². The SMILES string of the molecule is C[C@H](N[S+]([O-])C(C)(C)C)C1=Cc2cc(Cl)cnc2NC1. The van der Waals surface area contributed by atoms with Crippen molar-refractivity contribution >= 4 is 34.9 Å². The van der Waals surface area contributed by atoms with E-state index in [-0.39, 0.29) is 10.8 Å². The molecule has 2 rings (SSSR count). The van der Waals surface area contributed by atoms with Gasteiger partial charge in [0.25, 0.3) is 0 Å². The number of aromatic nitrogens is 1. The van der Waals surface area contributed by atoms with Gasteiger partial charge >= 0.3 is 0 Å². The van der Waals surface area contributed by atoms with Gasteiger partial charge in [-0.2, -0.15) is 0 Å². The molecule has 1 unspecified atom stereocenters. The predicted octanol–water partition coefficient (Wildman–Crippen LogP) is 2.98. The molecule has 2 N–H and O–H groups in total. The molecule has 1 aliphatic heterocycles. The van der Waals surface area contributed by atoms with Crippen molar-refractivity contribution in [2.75, 3.05) is 11.9 Å². The van der Waals surface area contributed by atoms with Crippen LogP contribution >= 0.6 is 11.6 Å². The lowest BCUT2D eigenvalue weighted by molar-refractivity contribution is 0.536. The van der Waals surface area contributed by atoms with E-state index in [1.807, 2.05) is 33.8 Å². The van der Waals surface area contributed by atoms with Crippen LogP contribution in [0.1, 0.15) is 33.3 Å². The minimum atomic E-state index is -1.09. The molecule has 20 heavy (non-hydrogen) atoms. The van der Waals surface area contributed by atoms with E-state index in [1.165, 1.54) is 0 Å². The van der Waals surface area contributed by atoms with Crippen LogP contribution in [-0.2, 0) is 11.4 Å². The van der Waals surface area contributed by atoms with E-state index in [1.54, 1.807) is 6.20 Å². The molecule has 6 heteroatoms. The minimum absolute atomic E-state index is 0.0229. The summed E-state index contributed by atoms with van der Waals surface area (Å²) in [4.78, 5) is 4.24. The molecule has 0 bridgehead atoms. The molecular weight excluding hydrogens is 294 g/mol. The maximum Gasteiger partial charge on any atom is 0.136 e. The van der Waals surface area contributed by atoms with Crippen molar-refractivity contribution in [2.24, 2.45) is 0 Å². The topological polar surface area (TPSA) is 60.0 Å². The van der Waals surface area contributed by atoms with Crippen LogP contribution < -0.4 is 10.0 Å². The second-order valence-corrected chi connectivity index (χ2v) is 8.32. The Bertz CT molecular complexity index is 528. The molecule has 2 atom stereocenters. The number of anilines is 1. The molecular formula is C14H20ClN3OS. The first kappa shape index (κ1) is 15.6. The number of hydrogen-bond acceptors (Lipinski definition) is 4. The van der Waals surface area contributed by atoms with E-state index in [0.717, 1.165) is 17.0 Å². The maximum absolute atomic E-state index is 12.1. The van der Waals surface area contributed by atoms with Crippen LogP contribution in [0.4, 0.5) is 5.82 Å². The van der Waals surface area contributed by atoms with Crippen LogP contribution in [0, 0.1) is 0 Å². The zero-order chi connectivity index (χ0) is 14.9. The van der Waals surface area contributed by atoms with E-state index in [0.29, 0.717) is 11.6 Å². The lowest BCUT2D eigenvalue weighted by atomic mass is 10.0. The molecule has 0 saturated carbocycles. The van der Waals surface area contributed by atoms with Crippen LogP contribution in [0.15, 0.2) is 17.8 Å². The third-order valence-corrected chi connectivity index (χ3v) is 4.97. The number of pyridine rings is 1. The average Bonchev–Trinajstić information content (AvgIpc) is 2.36. The number of rotatable bonds is 3. The molecule has 0 aromatic carbocycles. The van der Waals surface area contributed by atoms with Crippen LogP contribution in [0.3, 0.4) is 0 Å². The van der Waals surface area contributed by atoms with Crippen LogP contribution in [0.2, 0.25) is 5.02 Å². The van der Waals surface area contributed by atoms with Crippen molar-refractivity contribution in [3.8, 4) is 0 Å². The predicted molar refractivity (Wildman–Crippen MR) is 86.2 cm³/mol. The van der Waals surface area contributed by atoms with E-state index >= 15 is 0 Å². The Kier molecular flexibility index (Phi) is 4.64. The number of hydrogen-bond donors (Lipinski definition) is 2. The molecule has 0 saturated heterocycles. The molecule has 0 fully saturated rings. The summed E-state index contributed by atoms with van der Waals surface area (Å²) in [5.41, 5.74) is 2.10. The summed E-state index contributed by atoms with van der Waals surface area (Å²) in [5.74, 6) is 0.835. The zero-order valence-corrected chi connectivity index (χ0v) is 13.7. The number of nitrogens with one attached hydrogen (secondary N) is 2. The summed E-state index contributed by atoms with van der Waals surface area (Å²) in [6, 6.07) is 1.90. The second kappa shape index (κ2) is 5.93. The summed E-state index contributed by atoms with van der Waals surface area (Å²) < 4.78 is 15.0. The third kappa shape index (κ3) is 3.67. The van der Waals surface area contributed by atoms with E-state index in [9.17, 15) is 4.55 Å². The van der Waals surface area contributed by atoms with Crippen LogP contribution in [0.5, 0.6) is 0 Å². The Balaban J connectivity index is 2.14. The molecule has 0 aliphatic carbocycles. The summed E-state index contributed by atoms with van der Waals surface area (Å²) in [5, 5.41) is 3.87. The van der Waals surface area contributed by atoms with Gasteiger partial charge in [0, 0.05) is 29.7 Å². The van der Waals surface area contributed by atoms with E-state index in [2.05, 4.69) is 21.1 Å². The summed E-state index contributed by atoms with van der Waals surface area (Å²) in [6.07, 6.45) is 3.69. The van der Waals surface area contributed by atoms with Crippen LogP contribution in [-0.4, -0.2) is 26.9 Å². The van der Waals surface area contributed by atoms with Gasteiger partial charge in [-0.3, -0.25) is 0 Å². The highest BCUT2D eigenvalue weighted by Gasteiger charge is 2.29.